The normalized spacial score (nSPS) is 15.1. The van der Waals surface area contributed by atoms with E-state index in [1.54, 1.807) is 6.92 Å². The summed E-state index contributed by atoms with van der Waals surface area (Å²) in [4.78, 5) is 12.2. The molecule has 0 heterocycles. The van der Waals surface area contributed by atoms with Crippen molar-refractivity contribution in [3.05, 3.63) is 59.2 Å². The van der Waals surface area contributed by atoms with Crippen molar-refractivity contribution in [3.63, 3.8) is 0 Å². The van der Waals surface area contributed by atoms with Gasteiger partial charge in [-0.05, 0) is 80.1 Å². The summed E-state index contributed by atoms with van der Waals surface area (Å²) in [7, 11) is 0. The van der Waals surface area contributed by atoms with Crippen molar-refractivity contribution in [1.82, 2.24) is 0 Å². The zero-order valence-electron chi connectivity index (χ0n) is 14.4. The quantitative estimate of drug-likeness (QED) is 0.831. The number of carbonyl (C=O) groups is 1. The third kappa shape index (κ3) is 4.36. The number of nitrogens with one attached hydrogen (secondary N) is 1. The Bertz CT molecular complexity index is 785. The van der Waals surface area contributed by atoms with Gasteiger partial charge < -0.3 is 10.1 Å². The molecule has 3 nitrogen and oxygen atoms in total. The molecular weight excluding hydrogens is 343 g/mol. The van der Waals surface area contributed by atoms with Gasteiger partial charge in [0.15, 0.2) is 6.10 Å². The maximum Gasteiger partial charge on any atom is 0.416 e. The molecule has 0 radical (unpaired) electrons. The summed E-state index contributed by atoms with van der Waals surface area (Å²) in [6.45, 7) is 1.61. The number of benzene rings is 2. The van der Waals surface area contributed by atoms with Gasteiger partial charge in [0.2, 0.25) is 0 Å². The van der Waals surface area contributed by atoms with Crippen molar-refractivity contribution in [2.75, 3.05) is 5.32 Å². The van der Waals surface area contributed by atoms with Crippen LogP contribution in [0.25, 0.3) is 0 Å². The van der Waals surface area contributed by atoms with Crippen molar-refractivity contribution in [3.8, 4) is 5.75 Å². The molecule has 0 spiro atoms. The zero-order chi connectivity index (χ0) is 18.7. The minimum atomic E-state index is -4.40. The number of hydrogen-bond donors (Lipinski definition) is 1. The first kappa shape index (κ1) is 18.3. The molecule has 2 aromatic carbocycles. The Morgan fingerprint density at radius 2 is 1.69 bits per heavy atom. The van der Waals surface area contributed by atoms with Crippen LogP contribution >= 0.6 is 0 Å². The van der Waals surface area contributed by atoms with Crippen LogP contribution in [0.15, 0.2) is 42.5 Å². The van der Waals surface area contributed by atoms with E-state index >= 15 is 0 Å². The van der Waals surface area contributed by atoms with Crippen molar-refractivity contribution in [2.45, 2.75) is 44.9 Å². The van der Waals surface area contributed by atoms with Gasteiger partial charge in [0.25, 0.3) is 5.91 Å². The topological polar surface area (TPSA) is 38.3 Å². The minimum Gasteiger partial charge on any atom is -0.481 e. The molecule has 6 heteroatoms. The number of halogens is 3. The molecule has 1 aliphatic rings. The number of rotatable bonds is 4. The lowest BCUT2D eigenvalue weighted by atomic mass is 9.92. The summed E-state index contributed by atoms with van der Waals surface area (Å²) in [5.74, 6) is 0.211. The van der Waals surface area contributed by atoms with Gasteiger partial charge in [-0.3, -0.25) is 4.79 Å². The second kappa shape index (κ2) is 7.40. The van der Waals surface area contributed by atoms with Crippen molar-refractivity contribution in [2.24, 2.45) is 0 Å². The minimum absolute atomic E-state index is 0.295. The Kier molecular flexibility index (Phi) is 5.20. The first-order valence-electron chi connectivity index (χ1n) is 8.59. The summed E-state index contributed by atoms with van der Waals surface area (Å²) < 4.78 is 43.4. The molecule has 0 aliphatic heterocycles. The lowest BCUT2D eigenvalue weighted by Crippen LogP contribution is -2.30. The van der Waals surface area contributed by atoms with E-state index < -0.39 is 23.8 Å². The number of anilines is 1. The molecule has 1 aliphatic carbocycles. The number of hydrogen-bond acceptors (Lipinski definition) is 2. The van der Waals surface area contributed by atoms with E-state index in [9.17, 15) is 18.0 Å². The SMILES string of the molecule is C[C@@H](Oc1ccc2c(c1)CCCC2)C(=O)Nc1ccc(C(F)(F)F)cc1. The molecule has 0 unspecified atom stereocenters. The maximum absolute atomic E-state index is 12.6. The Balaban J connectivity index is 1.61. The van der Waals surface area contributed by atoms with Crippen LogP contribution in [-0.4, -0.2) is 12.0 Å². The van der Waals surface area contributed by atoms with Gasteiger partial charge in [0.1, 0.15) is 5.75 Å². The fourth-order valence-electron chi connectivity index (χ4n) is 3.03. The molecule has 3 rings (SSSR count). The standard InChI is InChI=1S/C20H20F3NO2/c1-13(26-18-11-6-14-4-2-3-5-15(14)12-18)19(25)24-17-9-7-16(8-10-17)20(21,22)23/h6-13H,2-5H2,1H3,(H,24,25)/t13-/m1/s1. The van der Waals surface area contributed by atoms with E-state index in [1.807, 2.05) is 18.2 Å². The maximum atomic E-state index is 12.6. The summed E-state index contributed by atoms with van der Waals surface area (Å²) in [5, 5.41) is 2.57. The van der Waals surface area contributed by atoms with Crippen molar-refractivity contribution < 1.29 is 22.7 Å². The summed E-state index contributed by atoms with van der Waals surface area (Å²) in [6.07, 6.45) is -0.734. The van der Waals surface area contributed by atoms with Crippen LogP contribution in [0.4, 0.5) is 18.9 Å². The predicted octanol–water partition coefficient (Wildman–Crippen LogP) is 4.99. The van der Waals surface area contributed by atoms with Crippen LogP contribution in [-0.2, 0) is 23.8 Å². The number of ether oxygens (including phenoxy) is 1. The molecule has 0 saturated carbocycles. The summed E-state index contributed by atoms with van der Waals surface area (Å²) in [5.41, 5.74) is 2.12. The molecule has 138 valence electrons. The predicted molar refractivity (Wildman–Crippen MR) is 93.2 cm³/mol. The molecule has 0 saturated heterocycles. The van der Waals surface area contributed by atoms with E-state index in [0.717, 1.165) is 31.4 Å². The first-order valence-corrected chi connectivity index (χ1v) is 8.59. The van der Waals surface area contributed by atoms with Gasteiger partial charge in [-0.2, -0.15) is 13.2 Å². The van der Waals surface area contributed by atoms with Crippen LogP contribution < -0.4 is 10.1 Å². The van der Waals surface area contributed by atoms with Crippen LogP contribution in [0, 0.1) is 0 Å². The molecule has 2 aromatic rings. The highest BCUT2D eigenvalue weighted by molar-refractivity contribution is 5.94. The number of amides is 1. The number of fused-ring (bicyclic) bond motifs is 1. The Morgan fingerprint density at radius 1 is 1.04 bits per heavy atom. The van der Waals surface area contributed by atoms with E-state index in [-0.39, 0.29) is 0 Å². The van der Waals surface area contributed by atoms with Crippen LogP contribution in [0.2, 0.25) is 0 Å². The highest BCUT2D eigenvalue weighted by atomic mass is 19.4. The van der Waals surface area contributed by atoms with Crippen LogP contribution in [0.3, 0.4) is 0 Å². The summed E-state index contributed by atoms with van der Waals surface area (Å²) >= 11 is 0. The van der Waals surface area contributed by atoms with E-state index in [0.29, 0.717) is 11.4 Å². The Labute approximate surface area is 150 Å². The lowest BCUT2D eigenvalue weighted by molar-refractivity contribution is -0.137. The first-order chi connectivity index (χ1) is 12.3. The molecule has 0 aromatic heterocycles. The second-order valence-electron chi connectivity index (χ2n) is 6.46. The third-order valence-electron chi connectivity index (χ3n) is 4.48. The molecule has 26 heavy (non-hydrogen) atoms. The smallest absolute Gasteiger partial charge is 0.416 e. The molecule has 1 amide bonds. The molecule has 1 atom stereocenters. The van der Waals surface area contributed by atoms with Gasteiger partial charge in [0, 0.05) is 5.69 Å². The second-order valence-corrected chi connectivity index (χ2v) is 6.46. The van der Waals surface area contributed by atoms with Crippen LogP contribution in [0.5, 0.6) is 5.75 Å². The van der Waals surface area contributed by atoms with Crippen molar-refractivity contribution >= 4 is 11.6 Å². The largest absolute Gasteiger partial charge is 0.481 e. The molecule has 0 bridgehead atoms. The molecule has 1 N–H and O–H groups in total. The van der Waals surface area contributed by atoms with E-state index in [1.165, 1.54) is 29.7 Å². The molecule has 0 fully saturated rings. The number of aryl methyl sites for hydroxylation is 2. The number of alkyl halides is 3. The molecular formula is C20H20F3NO2. The van der Waals surface area contributed by atoms with Gasteiger partial charge in [0.05, 0.1) is 5.56 Å². The van der Waals surface area contributed by atoms with E-state index in [2.05, 4.69) is 5.32 Å². The highest BCUT2D eigenvalue weighted by Crippen LogP contribution is 2.30. The monoisotopic (exact) mass is 363 g/mol. The average molecular weight is 363 g/mol. The summed E-state index contributed by atoms with van der Waals surface area (Å²) in [6, 6.07) is 10.2. The fourth-order valence-corrected chi connectivity index (χ4v) is 3.03. The average Bonchev–Trinajstić information content (AvgIpc) is 2.61. The van der Waals surface area contributed by atoms with Crippen LogP contribution in [0.1, 0.15) is 36.5 Å². The van der Waals surface area contributed by atoms with Crippen molar-refractivity contribution in [1.29, 1.82) is 0 Å². The third-order valence-corrected chi connectivity index (χ3v) is 4.48. The Morgan fingerprint density at radius 3 is 2.35 bits per heavy atom. The van der Waals surface area contributed by atoms with Gasteiger partial charge in [-0.25, -0.2) is 0 Å². The van der Waals surface area contributed by atoms with Gasteiger partial charge >= 0.3 is 6.18 Å². The Hall–Kier alpha value is -2.50. The lowest BCUT2D eigenvalue weighted by Gasteiger charge is -2.19. The van der Waals surface area contributed by atoms with E-state index in [4.69, 9.17) is 4.74 Å². The van der Waals surface area contributed by atoms with Gasteiger partial charge in [-0.1, -0.05) is 6.07 Å². The highest BCUT2D eigenvalue weighted by Gasteiger charge is 2.30. The fraction of sp³-hybridized carbons (Fsp3) is 0.350. The van der Waals surface area contributed by atoms with Gasteiger partial charge in [-0.15, -0.1) is 0 Å². The number of carbonyl (C=O) groups excluding carboxylic acids is 1. The zero-order valence-corrected chi connectivity index (χ0v) is 14.4.